The zero-order valence-corrected chi connectivity index (χ0v) is 21.7. The molecule has 0 spiro atoms. The molecule has 1 unspecified atom stereocenters. The number of anilines is 1. The second kappa shape index (κ2) is 10.2. The molecule has 1 N–H and O–H groups in total. The van der Waals surface area contributed by atoms with Crippen LogP contribution in [0, 0.1) is 0 Å². The van der Waals surface area contributed by atoms with Gasteiger partial charge in [-0.3, -0.25) is 4.72 Å². The molecule has 0 fully saturated rings. The van der Waals surface area contributed by atoms with Gasteiger partial charge in [0.2, 0.25) is 10.0 Å². The van der Waals surface area contributed by atoms with Crippen LogP contribution in [0.2, 0.25) is 0 Å². The van der Waals surface area contributed by atoms with E-state index in [0.717, 1.165) is 9.98 Å². The van der Waals surface area contributed by atoms with E-state index in [4.69, 9.17) is 9.47 Å². The van der Waals surface area contributed by atoms with E-state index in [1.165, 1.54) is 19.2 Å². The highest BCUT2D eigenvalue weighted by molar-refractivity contribution is 7.92. The number of nitrogens with one attached hydrogen (secondary N) is 1. The Morgan fingerprint density at radius 3 is 1.94 bits per heavy atom. The molecule has 3 aromatic carbocycles. The summed E-state index contributed by atoms with van der Waals surface area (Å²) in [4.78, 5) is 0.0936. The number of methoxy groups -OCH3 is 2. The fraction of sp³-hybridized carbons (Fsp3) is 0.240. The van der Waals surface area contributed by atoms with Gasteiger partial charge in [-0.25, -0.2) is 8.42 Å². The zero-order valence-electron chi connectivity index (χ0n) is 20.1. The summed E-state index contributed by atoms with van der Waals surface area (Å²) in [6, 6.07) is 19.5. The molecule has 1 aliphatic rings. The largest absolute Gasteiger partial charge is 0.497 e. The molecular weight excluding hydrogens is 502 g/mol. The molecule has 190 valence electrons. The third kappa shape index (κ3) is 5.31. The van der Waals surface area contributed by atoms with Crippen molar-refractivity contribution >= 4 is 31.4 Å². The van der Waals surface area contributed by atoms with Crippen LogP contribution in [0.3, 0.4) is 0 Å². The first-order valence-electron chi connectivity index (χ1n) is 11.2. The predicted molar refractivity (Wildman–Crippen MR) is 138 cm³/mol. The number of hydrogen-bond acceptors (Lipinski definition) is 7. The van der Waals surface area contributed by atoms with Crippen LogP contribution in [0.15, 0.2) is 82.8 Å². The molecule has 9 nitrogen and oxygen atoms in total. The van der Waals surface area contributed by atoms with Gasteiger partial charge >= 0.3 is 0 Å². The summed E-state index contributed by atoms with van der Waals surface area (Å²) in [7, 11) is -4.31. The van der Waals surface area contributed by atoms with E-state index >= 15 is 0 Å². The van der Waals surface area contributed by atoms with Crippen molar-refractivity contribution in [3.05, 3.63) is 83.9 Å². The second-order valence-corrected chi connectivity index (χ2v) is 11.9. The second-order valence-electron chi connectivity index (χ2n) is 8.08. The molecule has 0 aliphatic carbocycles. The standard InChI is InChI=1S/C25H27N3O6S2/c1-4-35(29,30)27-20-9-5-18(6-10-20)24-17-25(19-7-11-21(33-2)12-8-19)28(26-24)36(31,32)23-15-13-22(34-3)14-16-23/h5-16,25,27H,4,17H2,1-3H3. The quantitative estimate of drug-likeness (QED) is 0.448. The van der Waals surface area contributed by atoms with Crippen molar-refractivity contribution in [1.82, 2.24) is 4.41 Å². The van der Waals surface area contributed by atoms with Crippen molar-refractivity contribution in [2.45, 2.75) is 24.3 Å². The van der Waals surface area contributed by atoms with Crippen molar-refractivity contribution in [2.24, 2.45) is 5.10 Å². The number of hydrogen-bond donors (Lipinski definition) is 1. The minimum absolute atomic E-state index is 0.0385. The SMILES string of the molecule is CCS(=O)(=O)Nc1ccc(C2=NN(S(=O)(=O)c3ccc(OC)cc3)C(c3ccc(OC)cc3)C2)cc1. The zero-order chi connectivity index (χ0) is 25.9. The molecule has 0 amide bonds. The lowest BCUT2D eigenvalue weighted by molar-refractivity contribution is 0.370. The maximum absolute atomic E-state index is 13.6. The average Bonchev–Trinajstić information content (AvgIpc) is 3.35. The van der Waals surface area contributed by atoms with Gasteiger partial charge in [-0.05, 0) is 66.6 Å². The predicted octanol–water partition coefficient (Wildman–Crippen LogP) is 4.01. The van der Waals surface area contributed by atoms with Crippen LogP contribution >= 0.6 is 0 Å². The molecule has 4 rings (SSSR count). The molecule has 1 aliphatic heterocycles. The summed E-state index contributed by atoms with van der Waals surface area (Å²) in [6.07, 6.45) is 0.335. The normalized spacial score (nSPS) is 15.9. The molecule has 36 heavy (non-hydrogen) atoms. The number of sulfonamides is 2. The van der Waals surface area contributed by atoms with Crippen molar-refractivity contribution in [3.63, 3.8) is 0 Å². The highest BCUT2D eigenvalue weighted by Crippen LogP contribution is 2.38. The summed E-state index contributed by atoms with van der Waals surface area (Å²) < 4.78 is 65.0. The molecule has 1 atom stereocenters. The average molecular weight is 530 g/mol. The minimum Gasteiger partial charge on any atom is -0.497 e. The highest BCUT2D eigenvalue weighted by Gasteiger charge is 2.37. The van der Waals surface area contributed by atoms with Gasteiger partial charge in [0.1, 0.15) is 11.5 Å². The molecule has 0 radical (unpaired) electrons. The van der Waals surface area contributed by atoms with E-state index in [0.29, 0.717) is 34.9 Å². The Hall–Kier alpha value is -3.57. The van der Waals surface area contributed by atoms with E-state index in [1.807, 2.05) is 12.1 Å². The molecule has 0 aromatic heterocycles. The molecule has 1 heterocycles. The number of rotatable bonds is 9. The maximum atomic E-state index is 13.6. The summed E-state index contributed by atoms with van der Waals surface area (Å²) in [6.45, 7) is 1.56. The van der Waals surface area contributed by atoms with E-state index < -0.39 is 26.1 Å². The first-order valence-corrected chi connectivity index (χ1v) is 14.3. The molecule has 0 bridgehead atoms. The molecule has 0 saturated carbocycles. The lowest BCUT2D eigenvalue weighted by Gasteiger charge is -2.23. The monoisotopic (exact) mass is 529 g/mol. The first kappa shape index (κ1) is 25.5. The summed E-state index contributed by atoms with van der Waals surface area (Å²) >= 11 is 0. The fourth-order valence-corrected chi connectivity index (χ4v) is 5.87. The molecule has 0 saturated heterocycles. The number of hydrazone groups is 1. The van der Waals surface area contributed by atoms with Gasteiger partial charge in [-0.1, -0.05) is 24.3 Å². The van der Waals surface area contributed by atoms with E-state index in [-0.39, 0.29) is 10.6 Å². The fourth-order valence-electron chi connectivity index (χ4n) is 3.80. The Morgan fingerprint density at radius 2 is 1.42 bits per heavy atom. The Morgan fingerprint density at radius 1 is 0.861 bits per heavy atom. The van der Waals surface area contributed by atoms with E-state index in [1.54, 1.807) is 62.6 Å². The maximum Gasteiger partial charge on any atom is 0.279 e. The number of benzene rings is 3. The van der Waals surface area contributed by atoms with Crippen LogP contribution in [-0.4, -0.2) is 46.9 Å². The Balaban J connectivity index is 1.71. The Kier molecular flexibility index (Phi) is 7.23. The van der Waals surface area contributed by atoms with E-state index in [2.05, 4.69) is 9.82 Å². The summed E-state index contributed by atoms with van der Waals surface area (Å²) in [5.41, 5.74) is 2.45. The van der Waals surface area contributed by atoms with Gasteiger partial charge in [0, 0.05) is 12.1 Å². The lowest BCUT2D eigenvalue weighted by Crippen LogP contribution is -2.27. The van der Waals surface area contributed by atoms with Gasteiger partial charge in [0.15, 0.2) is 0 Å². The molecule has 11 heteroatoms. The number of ether oxygens (including phenoxy) is 2. The Bertz CT molecular complexity index is 1450. The van der Waals surface area contributed by atoms with Crippen LogP contribution in [-0.2, 0) is 20.0 Å². The van der Waals surface area contributed by atoms with Crippen LogP contribution < -0.4 is 14.2 Å². The third-order valence-corrected chi connectivity index (χ3v) is 8.85. The summed E-state index contributed by atoms with van der Waals surface area (Å²) in [5, 5.41) is 4.53. The van der Waals surface area contributed by atoms with Crippen molar-refractivity contribution in [3.8, 4) is 11.5 Å². The van der Waals surface area contributed by atoms with Gasteiger partial charge in [-0.15, -0.1) is 0 Å². The lowest BCUT2D eigenvalue weighted by atomic mass is 9.99. The van der Waals surface area contributed by atoms with Crippen LogP contribution in [0.1, 0.15) is 30.5 Å². The molecule has 3 aromatic rings. The first-order chi connectivity index (χ1) is 17.2. The van der Waals surface area contributed by atoms with Crippen molar-refractivity contribution < 1.29 is 26.3 Å². The van der Waals surface area contributed by atoms with Gasteiger partial charge in [-0.2, -0.15) is 17.9 Å². The van der Waals surface area contributed by atoms with Crippen molar-refractivity contribution in [2.75, 3.05) is 24.7 Å². The van der Waals surface area contributed by atoms with Crippen LogP contribution in [0.4, 0.5) is 5.69 Å². The highest BCUT2D eigenvalue weighted by atomic mass is 32.2. The minimum atomic E-state index is -3.99. The van der Waals surface area contributed by atoms with E-state index in [9.17, 15) is 16.8 Å². The van der Waals surface area contributed by atoms with Gasteiger partial charge in [0.05, 0.1) is 36.6 Å². The summed E-state index contributed by atoms with van der Waals surface area (Å²) in [5.74, 6) is 1.17. The van der Waals surface area contributed by atoms with Gasteiger partial charge < -0.3 is 9.47 Å². The van der Waals surface area contributed by atoms with Crippen molar-refractivity contribution in [1.29, 1.82) is 0 Å². The third-order valence-electron chi connectivity index (χ3n) is 5.85. The molecular formula is C25H27N3O6S2. The number of nitrogens with zero attached hydrogens (tertiary/aromatic N) is 2. The van der Waals surface area contributed by atoms with Crippen LogP contribution in [0.25, 0.3) is 0 Å². The Labute approximate surface area is 211 Å². The topological polar surface area (TPSA) is 114 Å². The smallest absolute Gasteiger partial charge is 0.279 e. The van der Waals surface area contributed by atoms with Crippen LogP contribution in [0.5, 0.6) is 11.5 Å². The van der Waals surface area contributed by atoms with Gasteiger partial charge in [0.25, 0.3) is 10.0 Å².